The van der Waals surface area contributed by atoms with Crippen LogP contribution < -0.4 is 0 Å². The van der Waals surface area contributed by atoms with Gasteiger partial charge in [0, 0.05) is 0 Å². The van der Waals surface area contributed by atoms with E-state index < -0.39 is 8.24 Å². The van der Waals surface area contributed by atoms with Crippen molar-refractivity contribution in [1.29, 1.82) is 0 Å². The highest BCUT2D eigenvalue weighted by atomic mass is 28.3. The van der Waals surface area contributed by atoms with Crippen LogP contribution >= 0.6 is 0 Å². The van der Waals surface area contributed by atoms with Crippen LogP contribution in [0.15, 0.2) is 4.66 Å². The van der Waals surface area contributed by atoms with Gasteiger partial charge in [0.1, 0.15) is 0 Å². The molecule has 0 amide bonds. The van der Waals surface area contributed by atoms with Gasteiger partial charge in [-0.2, -0.15) is 0 Å². The lowest BCUT2D eigenvalue weighted by atomic mass is 10.3. The van der Waals surface area contributed by atoms with Crippen molar-refractivity contribution in [2.75, 3.05) is 0 Å². The Bertz CT molecular complexity index is 111. The van der Waals surface area contributed by atoms with Crippen LogP contribution in [-0.2, 0) is 0 Å². The molecule has 0 aromatic carbocycles. The highest BCUT2D eigenvalue weighted by molar-refractivity contribution is 6.75. The van der Waals surface area contributed by atoms with Gasteiger partial charge in [0.05, 0.1) is 0 Å². The van der Waals surface area contributed by atoms with E-state index in [-0.39, 0.29) is 0 Å². The zero-order valence-corrected chi connectivity index (χ0v) is 8.15. The lowest BCUT2D eigenvalue weighted by Gasteiger charge is -2.09. The van der Waals surface area contributed by atoms with Crippen LogP contribution in [0.3, 0.4) is 0 Å². The molecule has 1 nitrogen and oxygen atoms in total. The summed E-state index contributed by atoms with van der Waals surface area (Å²) in [6, 6.07) is 0. The summed E-state index contributed by atoms with van der Waals surface area (Å²) in [6.45, 7) is 11.0. The first-order valence-corrected chi connectivity index (χ1v) is 6.96. The van der Waals surface area contributed by atoms with E-state index in [1.165, 1.54) is 5.71 Å². The molecule has 0 radical (unpaired) electrons. The normalized spacial score (nSPS) is 14.1. The van der Waals surface area contributed by atoms with Gasteiger partial charge in [0.2, 0.25) is 0 Å². The quantitative estimate of drug-likeness (QED) is 0.416. The molecule has 0 aromatic heterocycles. The van der Waals surface area contributed by atoms with E-state index in [2.05, 4.69) is 38.1 Å². The molecule has 9 heavy (non-hydrogen) atoms. The first-order chi connectivity index (χ1) is 3.95. The van der Waals surface area contributed by atoms with Gasteiger partial charge in [-0.3, -0.25) is 0 Å². The van der Waals surface area contributed by atoms with Crippen molar-refractivity contribution in [2.24, 2.45) is 4.66 Å². The maximum atomic E-state index is 4.58. The maximum absolute atomic E-state index is 4.58. The van der Waals surface area contributed by atoms with Gasteiger partial charge in [-0.25, -0.2) is 0 Å². The molecule has 0 aliphatic rings. The summed E-state index contributed by atoms with van der Waals surface area (Å²) in [7, 11) is -1.15. The Balaban J connectivity index is 3.95. The topological polar surface area (TPSA) is 12.4 Å². The average molecular weight is 143 g/mol. The summed E-state index contributed by atoms with van der Waals surface area (Å²) in [6.07, 6.45) is 1.10. The van der Waals surface area contributed by atoms with Crippen LogP contribution in [0.25, 0.3) is 0 Å². The molecule has 0 unspecified atom stereocenters. The minimum atomic E-state index is -1.15. The second-order valence-electron chi connectivity index (χ2n) is 3.37. The van der Waals surface area contributed by atoms with Crippen LogP contribution in [0.5, 0.6) is 0 Å². The summed E-state index contributed by atoms with van der Waals surface area (Å²) >= 11 is 0. The van der Waals surface area contributed by atoms with Gasteiger partial charge in [-0.15, -0.1) is 0 Å². The zero-order valence-electron chi connectivity index (χ0n) is 7.15. The van der Waals surface area contributed by atoms with Crippen molar-refractivity contribution in [3.05, 3.63) is 0 Å². The third-order valence-corrected chi connectivity index (χ3v) is 2.09. The Morgan fingerprint density at radius 3 is 1.89 bits per heavy atom. The van der Waals surface area contributed by atoms with Crippen molar-refractivity contribution in [2.45, 2.75) is 39.9 Å². The summed E-state index contributed by atoms with van der Waals surface area (Å²) in [5, 5.41) is 0. The highest BCUT2D eigenvalue weighted by Crippen LogP contribution is 2.03. The van der Waals surface area contributed by atoms with Crippen molar-refractivity contribution >= 4 is 13.9 Å². The summed E-state index contributed by atoms with van der Waals surface area (Å²) < 4.78 is 4.58. The molecular weight excluding hydrogens is 126 g/mol. The average Bonchev–Trinajstić information content (AvgIpc) is 1.62. The van der Waals surface area contributed by atoms with E-state index in [1.807, 2.05) is 0 Å². The fourth-order valence-electron chi connectivity index (χ4n) is 0.652. The number of hydrogen-bond donors (Lipinski definition) is 0. The third kappa shape index (κ3) is 5.76. The molecule has 0 atom stereocenters. The molecule has 0 N–H and O–H groups in total. The van der Waals surface area contributed by atoms with E-state index in [0.29, 0.717) is 0 Å². The Labute approximate surface area is 59.3 Å². The van der Waals surface area contributed by atoms with Gasteiger partial charge in [-0.1, -0.05) is 6.92 Å². The van der Waals surface area contributed by atoms with E-state index in [9.17, 15) is 0 Å². The minimum Gasteiger partial charge on any atom is -0.331 e. The zero-order chi connectivity index (χ0) is 7.49. The van der Waals surface area contributed by atoms with Gasteiger partial charge in [0.25, 0.3) is 0 Å². The Morgan fingerprint density at radius 2 is 1.78 bits per heavy atom. The van der Waals surface area contributed by atoms with Gasteiger partial charge < -0.3 is 4.66 Å². The van der Waals surface area contributed by atoms with Gasteiger partial charge >= 0.3 is 0 Å². The molecule has 0 aliphatic heterocycles. The van der Waals surface area contributed by atoms with Crippen molar-refractivity contribution < 1.29 is 0 Å². The van der Waals surface area contributed by atoms with Crippen LogP contribution in [0, 0.1) is 0 Å². The smallest absolute Gasteiger partial charge is 0.172 e. The first kappa shape index (κ1) is 8.89. The van der Waals surface area contributed by atoms with Crippen LogP contribution in [-0.4, -0.2) is 13.9 Å². The van der Waals surface area contributed by atoms with Crippen LogP contribution in [0.2, 0.25) is 19.6 Å². The van der Waals surface area contributed by atoms with Crippen LogP contribution in [0.4, 0.5) is 0 Å². The molecule has 0 fully saturated rings. The maximum Gasteiger partial charge on any atom is 0.172 e. The molecule has 0 saturated carbocycles. The van der Waals surface area contributed by atoms with Crippen molar-refractivity contribution in [3.8, 4) is 0 Å². The number of nitrogens with zero attached hydrogens (tertiary/aromatic N) is 1. The second kappa shape index (κ2) is 3.16. The predicted octanol–water partition coefficient (Wildman–Crippen LogP) is 2.69. The molecule has 2 heteroatoms. The van der Waals surface area contributed by atoms with E-state index in [0.717, 1.165) is 6.42 Å². The molecular formula is C7H17NSi. The van der Waals surface area contributed by atoms with E-state index in [4.69, 9.17) is 0 Å². The largest absolute Gasteiger partial charge is 0.331 e. The van der Waals surface area contributed by atoms with Gasteiger partial charge in [0.15, 0.2) is 8.24 Å². The second-order valence-corrected chi connectivity index (χ2v) is 7.94. The third-order valence-electron chi connectivity index (χ3n) is 1.04. The SMILES string of the molecule is CC/C(C)=N/[Si](C)(C)C. The van der Waals surface area contributed by atoms with Gasteiger partial charge in [-0.05, 0) is 38.7 Å². The predicted molar refractivity (Wildman–Crippen MR) is 46.7 cm³/mol. The molecule has 0 aliphatic carbocycles. The van der Waals surface area contributed by atoms with Crippen molar-refractivity contribution in [3.63, 3.8) is 0 Å². The molecule has 0 saturated heterocycles. The molecule has 0 heterocycles. The lowest BCUT2D eigenvalue weighted by Crippen LogP contribution is -2.18. The molecule has 0 aromatic rings. The highest BCUT2D eigenvalue weighted by Gasteiger charge is 2.09. The molecule has 54 valence electrons. The molecule has 0 rings (SSSR count). The number of rotatable bonds is 2. The van der Waals surface area contributed by atoms with E-state index >= 15 is 0 Å². The fourth-order valence-corrected chi connectivity index (χ4v) is 1.95. The summed E-state index contributed by atoms with van der Waals surface area (Å²) in [4.78, 5) is 0. The summed E-state index contributed by atoms with van der Waals surface area (Å²) in [5.74, 6) is 0. The fraction of sp³-hybridized carbons (Fsp3) is 0.857. The van der Waals surface area contributed by atoms with Crippen molar-refractivity contribution in [1.82, 2.24) is 0 Å². The number of hydrogen-bond acceptors (Lipinski definition) is 1. The molecule has 0 bridgehead atoms. The molecule has 0 spiro atoms. The summed E-state index contributed by atoms with van der Waals surface area (Å²) in [5.41, 5.74) is 1.30. The minimum absolute atomic E-state index is 1.10. The Morgan fingerprint density at radius 1 is 1.33 bits per heavy atom. The Kier molecular flexibility index (Phi) is 3.12. The lowest BCUT2D eigenvalue weighted by molar-refractivity contribution is 1.26. The monoisotopic (exact) mass is 143 g/mol. The first-order valence-electron chi connectivity index (χ1n) is 3.51. The van der Waals surface area contributed by atoms with E-state index in [1.54, 1.807) is 0 Å². The Hall–Kier alpha value is -0.113. The standard InChI is InChI=1S/C7H17NSi/c1-6-7(2)8-9(3,4)5/h6H2,1-5H3/b8-7+. The van der Waals surface area contributed by atoms with Crippen LogP contribution in [0.1, 0.15) is 20.3 Å².